The zero-order valence-electron chi connectivity index (χ0n) is 13.1. The van der Waals surface area contributed by atoms with Gasteiger partial charge in [0.1, 0.15) is 0 Å². The summed E-state index contributed by atoms with van der Waals surface area (Å²) in [6.07, 6.45) is 2.52. The van der Waals surface area contributed by atoms with E-state index in [0.29, 0.717) is 22.9 Å². The number of hydrogen-bond donors (Lipinski definition) is 1. The maximum Gasteiger partial charge on any atom is 0.322 e. The smallest absolute Gasteiger partial charge is 0.322 e. The van der Waals surface area contributed by atoms with Crippen LogP contribution in [0.15, 0.2) is 56.2 Å². The number of nitrogens with zero attached hydrogens (tertiary/aromatic N) is 2. The number of rotatable bonds is 5. The molecule has 0 atom stereocenters. The molecular weight excluding hydrogens is 426 g/mol. The second-order valence-electron chi connectivity index (χ2n) is 5.10. The predicted octanol–water partition coefficient (Wildman–Crippen LogP) is 5.05. The minimum absolute atomic E-state index is 0.0387. The first-order chi connectivity index (χ1) is 12.0. The third-order valence-electron chi connectivity index (χ3n) is 3.37. The van der Waals surface area contributed by atoms with Gasteiger partial charge in [-0.3, -0.25) is 10.1 Å². The number of benzene rings is 2. The van der Waals surface area contributed by atoms with E-state index >= 15 is 0 Å². The molecule has 1 heterocycles. The Morgan fingerprint density at radius 3 is 2.72 bits per heavy atom. The van der Waals surface area contributed by atoms with Gasteiger partial charge in [0.05, 0.1) is 17.0 Å². The molecule has 25 heavy (non-hydrogen) atoms. The number of carbonyl (C=O) groups excluding carboxylic acids is 1. The van der Waals surface area contributed by atoms with Gasteiger partial charge in [-0.15, -0.1) is 16.9 Å². The molecule has 0 saturated heterocycles. The average molecular weight is 439 g/mol. The Morgan fingerprint density at radius 1 is 1.24 bits per heavy atom. The third-order valence-corrected chi connectivity index (χ3v) is 4.94. The lowest BCUT2D eigenvalue weighted by molar-refractivity contribution is 0.102. The molecule has 1 N–H and O–H groups in total. The zero-order valence-corrected chi connectivity index (χ0v) is 16.3. The summed E-state index contributed by atoms with van der Waals surface area (Å²) in [6, 6.07) is 13.2. The van der Waals surface area contributed by atoms with Crippen molar-refractivity contribution >= 4 is 51.2 Å². The Labute approximate surface area is 162 Å². The number of nitrogens with one attached hydrogen (secondary N) is 1. The van der Waals surface area contributed by atoms with Crippen molar-refractivity contribution in [3.05, 3.63) is 69.0 Å². The Hall–Kier alpha value is -1.83. The number of amides is 1. The quantitative estimate of drug-likeness (QED) is 0.565. The van der Waals surface area contributed by atoms with Crippen LogP contribution in [-0.4, -0.2) is 22.4 Å². The number of aromatic nitrogens is 2. The summed E-state index contributed by atoms with van der Waals surface area (Å²) >= 11 is 11.0. The fourth-order valence-corrected chi connectivity index (χ4v) is 3.10. The highest BCUT2D eigenvalue weighted by molar-refractivity contribution is 9.10. The van der Waals surface area contributed by atoms with Crippen LogP contribution < -0.4 is 5.32 Å². The first-order valence-corrected chi connectivity index (χ1v) is 9.66. The molecule has 0 aliphatic carbocycles. The summed E-state index contributed by atoms with van der Waals surface area (Å²) in [4.78, 5) is 13.5. The fraction of sp³-hybridized carbons (Fsp3) is 0.118. The highest BCUT2D eigenvalue weighted by Gasteiger charge is 2.15. The largest absolute Gasteiger partial charge is 0.407 e. The van der Waals surface area contributed by atoms with Crippen LogP contribution in [0.1, 0.15) is 21.8 Å². The van der Waals surface area contributed by atoms with E-state index in [1.54, 1.807) is 30.0 Å². The van der Waals surface area contributed by atoms with Crippen molar-refractivity contribution in [1.82, 2.24) is 10.2 Å². The van der Waals surface area contributed by atoms with Crippen molar-refractivity contribution in [1.29, 1.82) is 0 Å². The van der Waals surface area contributed by atoms with E-state index in [1.807, 2.05) is 30.5 Å². The Bertz CT molecular complexity index is 899. The molecule has 1 aromatic heterocycles. The molecule has 0 saturated carbocycles. The van der Waals surface area contributed by atoms with Crippen LogP contribution in [-0.2, 0) is 6.42 Å². The zero-order chi connectivity index (χ0) is 17.8. The second kappa shape index (κ2) is 8.03. The molecule has 8 heteroatoms. The van der Waals surface area contributed by atoms with Crippen molar-refractivity contribution in [3.8, 4) is 0 Å². The first-order valence-electron chi connectivity index (χ1n) is 7.27. The molecule has 0 unspecified atom stereocenters. The molecule has 128 valence electrons. The van der Waals surface area contributed by atoms with E-state index in [9.17, 15) is 4.79 Å². The van der Waals surface area contributed by atoms with Crippen LogP contribution in [0, 0.1) is 0 Å². The number of halogens is 2. The summed E-state index contributed by atoms with van der Waals surface area (Å²) < 4.78 is 6.24. The summed E-state index contributed by atoms with van der Waals surface area (Å²) in [6.45, 7) is 0. The van der Waals surface area contributed by atoms with Crippen molar-refractivity contribution in [2.45, 2.75) is 11.3 Å². The van der Waals surface area contributed by atoms with Gasteiger partial charge in [-0.2, -0.15) is 0 Å². The topological polar surface area (TPSA) is 68.0 Å². The van der Waals surface area contributed by atoms with Crippen LogP contribution in [0.4, 0.5) is 6.01 Å². The highest BCUT2D eigenvalue weighted by Crippen LogP contribution is 2.22. The Balaban J connectivity index is 1.68. The predicted molar refractivity (Wildman–Crippen MR) is 102 cm³/mol. The van der Waals surface area contributed by atoms with Gasteiger partial charge in [-0.05, 0) is 42.2 Å². The SMILES string of the molecule is CSc1ccc(Cc2nnc(NC(=O)c3cc(Br)ccc3Cl)o2)cc1. The normalized spacial score (nSPS) is 10.7. The maximum atomic E-state index is 12.3. The number of carbonyl (C=O) groups is 1. The average Bonchev–Trinajstić information content (AvgIpc) is 3.04. The van der Waals surface area contributed by atoms with Gasteiger partial charge in [-0.25, -0.2) is 0 Å². The Kier molecular flexibility index (Phi) is 5.78. The fourth-order valence-electron chi connectivity index (χ4n) is 2.13. The Morgan fingerprint density at radius 2 is 2.00 bits per heavy atom. The summed E-state index contributed by atoms with van der Waals surface area (Å²) in [5.74, 6) is 0.0124. The molecule has 0 fully saturated rings. The first kappa shape index (κ1) is 18.0. The second-order valence-corrected chi connectivity index (χ2v) is 7.31. The van der Waals surface area contributed by atoms with Crippen LogP contribution >= 0.6 is 39.3 Å². The molecule has 0 bridgehead atoms. The minimum Gasteiger partial charge on any atom is -0.407 e. The lowest BCUT2D eigenvalue weighted by Crippen LogP contribution is -2.12. The van der Waals surface area contributed by atoms with E-state index in [-0.39, 0.29) is 6.01 Å². The molecule has 3 aromatic rings. The van der Waals surface area contributed by atoms with Gasteiger partial charge in [-0.1, -0.05) is 44.8 Å². The van der Waals surface area contributed by atoms with Gasteiger partial charge in [0.15, 0.2) is 0 Å². The van der Waals surface area contributed by atoms with Gasteiger partial charge < -0.3 is 4.42 Å². The molecular formula is C17H13BrClN3O2S. The van der Waals surface area contributed by atoms with E-state index in [0.717, 1.165) is 10.0 Å². The monoisotopic (exact) mass is 437 g/mol. The van der Waals surface area contributed by atoms with Crippen molar-refractivity contribution in [2.75, 3.05) is 11.6 Å². The van der Waals surface area contributed by atoms with Gasteiger partial charge >= 0.3 is 6.01 Å². The van der Waals surface area contributed by atoms with Gasteiger partial charge in [0.25, 0.3) is 5.91 Å². The van der Waals surface area contributed by atoms with Crippen molar-refractivity contribution in [3.63, 3.8) is 0 Å². The van der Waals surface area contributed by atoms with Gasteiger partial charge in [0.2, 0.25) is 5.89 Å². The lowest BCUT2D eigenvalue weighted by atomic mass is 10.1. The number of hydrogen-bond acceptors (Lipinski definition) is 5. The molecule has 0 aliphatic heterocycles. The summed E-state index contributed by atoms with van der Waals surface area (Å²) in [5.41, 5.74) is 1.37. The third kappa shape index (κ3) is 4.62. The van der Waals surface area contributed by atoms with Crippen molar-refractivity contribution in [2.24, 2.45) is 0 Å². The standard InChI is InChI=1S/C17H13BrClN3O2S/c1-25-12-5-2-10(3-6-12)8-15-21-22-17(24-15)20-16(23)13-9-11(18)4-7-14(13)19/h2-7,9H,8H2,1H3,(H,20,22,23). The van der Waals surface area contributed by atoms with E-state index < -0.39 is 5.91 Å². The maximum absolute atomic E-state index is 12.3. The lowest BCUT2D eigenvalue weighted by Gasteiger charge is -2.03. The molecule has 0 radical (unpaired) electrons. The molecule has 0 spiro atoms. The van der Waals surface area contributed by atoms with E-state index in [4.69, 9.17) is 16.0 Å². The molecule has 1 amide bonds. The molecule has 2 aromatic carbocycles. The number of anilines is 1. The van der Waals surface area contributed by atoms with E-state index in [2.05, 4.69) is 31.4 Å². The van der Waals surface area contributed by atoms with Crippen LogP contribution in [0.25, 0.3) is 0 Å². The number of thioether (sulfide) groups is 1. The van der Waals surface area contributed by atoms with Crippen molar-refractivity contribution < 1.29 is 9.21 Å². The highest BCUT2D eigenvalue weighted by atomic mass is 79.9. The van der Waals surface area contributed by atoms with Crippen LogP contribution in [0.2, 0.25) is 5.02 Å². The van der Waals surface area contributed by atoms with Gasteiger partial charge in [0, 0.05) is 9.37 Å². The van der Waals surface area contributed by atoms with E-state index in [1.165, 1.54) is 4.90 Å². The minimum atomic E-state index is -0.411. The molecule has 5 nitrogen and oxygen atoms in total. The molecule has 0 aliphatic rings. The van der Waals surface area contributed by atoms with Crippen LogP contribution in [0.5, 0.6) is 0 Å². The molecule has 3 rings (SSSR count). The summed E-state index contributed by atoms with van der Waals surface area (Å²) in [7, 11) is 0. The van der Waals surface area contributed by atoms with Crippen LogP contribution in [0.3, 0.4) is 0 Å². The summed E-state index contributed by atoms with van der Waals surface area (Å²) in [5, 5.41) is 10.7.